The molecule has 4 rings (SSSR count). The van der Waals surface area contributed by atoms with Crippen LogP contribution in [0.5, 0.6) is 5.75 Å². The number of allylic oxidation sites excluding steroid dienone is 4. The molecule has 1 heterocycles. The summed E-state index contributed by atoms with van der Waals surface area (Å²) in [5.74, 6) is 1.57. The van der Waals surface area contributed by atoms with Crippen molar-refractivity contribution in [3.63, 3.8) is 0 Å². The first-order valence-corrected chi connectivity index (χ1v) is 13.6. The van der Waals surface area contributed by atoms with E-state index in [4.69, 9.17) is 19.4 Å². The molecule has 0 bridgehead atoms. The van der Waals surface area contributed by atoms with E-state index in [-0.39, 0.29) is 30.8 Å². The number of nitroso groups, excluding NO2 is 1. The highest BCUT2D eigenvalue weighted by molar-refractivity contribution is 5.77. The molecule has 3 aromatic rings. The molecule has 0 amide bonds. The topological polar surface area (TPSA) is 104 Å². The van der Waals surface area contributed by atoms with Gasteiger partial charge in [0.25, 0.3) is 0 Å². The van der Waals surface area contributed by atoms with Gasteiger partial charge in [-0.25, -0.2) is 15.0 Å². The first-order valence-electron chi connectivity index (χ1n) is 13.6. The number of rotatable bonds is 13. The molecule has 1 aliphatic carbocycles. The molecule has 8 nitrogen and oxygen atoms in total. The predicted molar refractivity (Wildman–Crippen MR) is 152 cm³/mol. The van der Waals surface area contributed by atoms with Gasteiger partial charge in [0.2, 0.25) is 0 Å². The van der Waals surface area contributed by atoms with Crippen molar-refractivity contribution >= 4 is 17.2 Å². The molecule has 2 aromatic carbocycles. The Labute approximate surface area is 229 Å². The van der Waals surface area contributed by atoms with Gasteiger partial charge in [0.1, 0.15) is 24.7 Å². The van der Waals surface area contributed by atoms with Crippen LogP contribution in [0.4, 0.5) is 5.69 Å². The van der Waals surface area contributed by atoms with Gasteiger partial charge in [0.05, 0.1) is 5.92 Å². The lowest BCUT2D eigenvalue weighted by molar-refractivity contribution is -0.149. The Morgan fingerprint density at radius 3 is 2.49 bits per heavy atom. The second-order valence-corrected chi connectivity index (χ2v) is 9.35. The Hall–Kier alpha value is -4.20. The summed E-state index contributed by atoms with van der Waals surface area (Å²) in [4.78, 5) is 38.2. The fourth-order valence-corrected chi connectivity index (χ4v) is 4.35. The molecule has 0 saturated heterocycles. The first-order chi connectivity index (χ1) is 19.1. The number of unbranched alkanes of at least 4 members (excludes halogenated alkanes) is 1. The Morgan fingerprint density at radius 1 is 0.974 bits per heavy atom. The largest absolute Gasteiger partial charge is 0.490 e. The second kappa shape index (κ2) is 14.1. The van der Waals surface area contributed by atoms with Crippen molar-refractivity contribution < 1.29 is 14.3 Å². The Balaban J connectivity index is 1.52. The van der Waals surface area contributed by atoms with Crippen LogP contribution in [0, 0.1) is 10.8 Å². The van der Waals surface area contributed by atoms with E-state index in [2.05, 4.69) is 29.2 Å². The fourth-order valence-electron chi connectivity index (χ4n) is 4.35. The van der Waals surface area contributed by atoms with Gasteiger partial charge in [-0.15, -0.1) is 4.91 Å². The number of aromatic nitrogens is 3. The lowest BCUT2D eigenvalue weighted by Crippen LogP contribution is -2.20. The molecule has 1 aromatic heterocycles. The van der Waals surface area contributed by atoms with E-state index < -0.39 is 0 Å². The lowest BCUT2D eigenvalue weighted by atomic mass is 10.00. The molecule has 0 N–H and O–H groups in total. The maximum absolute atomic E-state index is 12.3. The number of esters is 1. The third kappa shape index (κ3) is 7.44. The third-order valence-electron chi connectivity index (χ3n) is 6.56. The number of benzene rings is 2. The summed E-state index contributed by atoms with van der Waals surface area (Å²) in [5, 5.41) is 3.23. The van der Waals surface area contributed by atoms with Crippen molar-refractivity contribution in [2.75, 3.05) is 13.2 Å². The van der Waals surface area contributed by atoms with Gasteiger partial charge in [-0.3, -0.25) is 4.79 Å². The number of hydrogen-bond acceptors (Lipinski definition) is 8. The van der Waals surface area contributed by atoms with Crippen LogP contribution in [-0.4, -0.2) is 34.1 Å². The highest BCUT2D eigenvalue weighted by atomic mass is 16.6. The van der Waals surface area contributed by atoms with Gasteiger partial charge in [-0.05, 0) is 43.0 Å². The molecule has 39 heavy (non-hydrogen) atoms. The quantitative estimate of drug-likeness (QED) is 0.129. The zero-order valence-electron chi connectivity index (χ0n) is 22.5. The van der Waals surface area contributed by atoms with Gasteiger partial charge in [0.15, 0.2) is 17.5 Å². The molecule has 0 fully saturated rings. The average molecular weight is 527 g/mol. The smallest absolute Gasteiger partial charge is 0.309 e. The summed E-state index contributed by atoms with van der Waals surface area (Å²) in [6.45, 7) is 4.40. The highest BCUT2D eigenvalue weighted by Gasteiger charge is 2.18. The van der Waals surface area contributed by atoms with E-state index in [1.54, 1.807) is 18.2 Å². The van der Waals surface area contributed by atoms with Crippen LogP contribution in [0.15, 0.2) is 71.9 Å². The van der Waals surface area contributed by atoms with Gasteiger partial charge < -0.3 is 9.47 Å². The van der Waals surface area contributed by atoms with Crippen LogP contribution in [0.3, 0.4) is 0 Å². The van der Waals surface area contributed by atoms with Crippen LogP contribution >= 0.6 is 0 Å². The molecular formula is C31H34N4O4. The van der Waals surface area contributed by atoms with Crippen molar-refractivity contribution in [1.82, 2.24) is 15.0 Å². The van der Waals surface area contributed by atoms with Crippen LogP contribution in [0.2, 0.25) is 0 Å². The Bertz CT molecular complexity index is 1340. The number of hydrogen-bond donors (Lipinski definition) is 0. The van der Waals surface area contributed by atoms with E-state index in [0.717, 1.165) is 49.7 Å². The minimum atomic E-state index is -0.192. The second-order valence-electron chi connectivity index (χ2n) is 9.35. The van der Waals surface area contributed by atoms with E-state index in [1.165, 1.54) is 0 Å². The van der Waals surface area contributed by atoms with E-state index in [0.29, 0.717) is 28.8 Å². The summed E-state index contributed by atoms with van der Waals surface area (Å²) >= 11 is 0. The van der Waals surface area contributed by atoms with Crippen molar-refractivity contribution in [2.24, 2.45) is 11.1 Å². The van der Waals surface area contributed by atoms with E-state index in [9.17, 15) is 9.70 Å². The van der Waals surface area contributed by atoms with Crippen LogP contribution in [0.1, 0.15) is 58.2 Å². The SMILES string of the molecule is CCCCC(CC)C(=O)OCCOc1ccc(-c2nc(C3=CCCC=C3)nc(-c3ccccc3)n2)c(N=O)c1. The van der Waals surface area contributed by atoms with E-state index >= 15 is 0 Å². The molecular weight excluding hydrogens is 492 g/mol. The van der Waals surface area contributed by atoms with Gasteiger partial charge in [-0.2, -0.15) is 0 Å². The number of nitrogens with zero attached hydrogens (tertiary/aromatic N) is 4. The summed E-state index contributed by atoms with van der Waals surface area (Å²) in [7, 11) is 0. The molecule has 0 spiro atoms. The zero-order chi connectivity index (χ0) is 27.5. The van der Waals surface area contributed by atoms with Crippen LogP contribution in [0.25, 0.3) is 28.3 Å². The molecule has 0 radical (unpaired) electrons. The molecule has 0 saturated carbocycles. The minimum Gasteiger partial charge on any atom is -0.490 e. The fraction of sp³-hybridized carbons (Fsp3) is 0.355. The lowest BCUT2D eigenvalue weighted by Gasteiger charge is -2.14. The maximum atomic E-state index is 12.3. The summed E-state index contributed by atoms with van der Waals surface area (Å²) in [5.41, 5.74) is 2.39. The molecule has 202 valence electrons. The van der Waals surface area contributed by atoms with Crippen molar-refractivity contribution in [3.8, 4) is 28.5 Å². The monoisotopic (exact) mass is 526 g/mol. The van der Waals surface area contributed by atoms with Gasteiger partial charge >= 0.3 is 5.97 Å². The van der Waals surface area contributed by atoms with Crippen molar-refractivity contribution in [2.45, 2.75) is 52.4 Å². The normalized spacial score (nSPS) is 13.4. The first kappa shape index (κ1) is 27.8. The third-order valence-corrected chi connectivity index (χ3v) is 6.56. The average Bonchev–Trinajstić information content (AvgIpc) is 3.00. The minimum absolute atomic E-state index is 0.0824. The van der Waals surface area contributed by atoms with Gasteiger partial charge in [-0.1, -0.05) is 75.2 Å². The summed E-state index contributed by atoms with van der Waals surface area (Å²) in [6, 6.07) is 14.6. The Morgan fingerprint density at radius 2 is 1.77 bits per heavy atom. The number of carbonyl (C=O) groups excluding carboxylic acids is 1. The molecule has 1 aliphatic rings. The number of carbonyl (C=O) groups is 1. The Kier molecular flexibility index (Phi) is 10.1. The molecule has 0 aliphatic heterocycles. The number of ether oxygens (including phenoxy) is 2. The zero-order valence-corrected chi connectivity index (χ0v) is 22.5. The molecule has 1 atom stereocenters. The highest BCUT2D eigenvalue weighted by Crippen LogP contribution is 2.33. The van der Waals surface area contributed by atoms with Crippen LogP contribution in [-0.2, 0) is 9.53 Å². The van der Waals surface area contributed by atoms with E-state index in [1.807, 2.05) is 43.3 Å². The molecule has 1 unspecified atom stereocenters. The summed E-state index contributed by atoms with van der Waals surface area (Å²) < 4.78 is 11.2. The van der Waals surface area contributed by atoms with Gasteiger partial charge in [0, 0.05) is 22.8 Å². The van der Waals surface area contributed by atoms with Crippen molar-refractivity contribution in [3.05, 3.63) is 77.5 Å². The van der Waals surface area contributed by atoms with Crippen molar-refractivity contribution in [1.29, 1.82) is 0 Å². The maximum Gasteiger partial charge on any atom is 0.309 e. The van der Waals surface area contributed by atoms with Crippen LogP contribution < -0.4 is 4.74 Å². The molecule has 8 heteroatoms. The standard InChI is InChI=1S/C31H34N4O4/c1-3-5-12-22(4-2)31(36)39-20-19-38-25-17-18-26(27(21-25)35-37)30-33-28(23-13-8-6-9-14-23)32-29(34-30)24-15-10-7-11-16-24/h6,8-10,13-18,21-22H,3-5,7,11-12,19-20H2,1-2H3. The predicted octanol–water partition coefficient (Wildman–Crippen LogP) is 7.48. The summed E-state index contributed by atoms with van der Waals surface area (Å²) in [6.07, 6.45) is 11.7.